The molecular formula is C28H36N5O3P. The number of nitrogens with zero attached hydrogens (tertiary/aromatic N) is 3. The molecule has 37 heavy (non-hydrogen) atoms. The lowest BCUT2D eigenvalue weighted by molar-refractivity contribution is -0.107. The Kier molecular flexibility index (Phi) is 9.80. The van der Waals surface area contributed by atoms with Gasteiger partial charge >= 0.3 is 0 Å². The lowest BCUT2D eigenvalue weighted by atomic mass is 10.0. The molecule has 8 nitrogen and oxygen atoms in total. The van der Waals surface area contributed by atoms with Crippen LogP contribution in [-0.2, 0) is 9.63 Å². The minimum absolute atomic E-state index is 0.207. The van der Waals surface area contributed by atoms with Gasteiger partial charge in [0.15, 0.2) is 12.0 Å². The number of pyridine rings is 1. The summed E-state index contributed by atoms with van der Waals surface area (Å²) in [5.41, 5.74) is 10.4. The summed E-state index contributed by atoms with van der Waals surface area (Å²) < 4.78 is 0. The first kappa shape index (κ1) is 27.0. The zero-order valence-corrected chi connectivity index (χ0v) is 22.4. The van der Waals surface area contributed by atoms with Crippen LogP contribution in [0.5, 0.6) is 0 Å². The number of rotatable bonds is 5. The number of nitrogens with two attached hydrogens (primary N) is 1. The van der Waals surface area contributed by atoms with E-state index in [9.17, 15) is 9.59 Å². The van der Waals surface area contributed by atoms with E-state index in [1.807, 2.05) is 37.4 Å². The van der Waals surface area contributed by atoms with Crippen LogP contribution >= 0.6 is 8.58 Å². The van der Waals surface area contributed by atoms with Crippen molar-refractivity contribution in [3.8, 4) is 0 Å². The van der Waals surface area contributed by atoms with E-state index >= 15 is 0 Å². The number of piperidine rings is 1. The maximum absolute atomic E-state index is 12.8. The minimum atomic E-state index is -0.207. The first-order chi connectivity index (χ1) is 18.0. The fourth-order valence-corrected chi connectivity index (χ4v) is 5.94. The SMILES string of the molecule is Cc1ccc(NC(=O)c2cncc(N3CCCCC3)c2)cc1C1=NOC(C=O)=CC1.NC1CCPCC1. The number of allylic oxidation sites excluding steroid dienone is 2. The van der Waals surface area contributed by atoms with Crippen molar-refractivity contribution in [2.24, 2.45) is 10.9 Å². The largest absolute Gasteiger partial charge is 0.370 e. The van der Waals surface area contributed by atoms with Gasteiger partial charge in [-0.2, -0.15) is 0 Å². The Morgan fingerprint density at radius 2 is 1.95 bits per heavy atom. The van der Waals surface area contributed by atoms with Gasteiger partial charge in [0.05, 0.1) is 23.2 Å². The third-order valence-corrected chi connectivity index (χ3v) is 8.06. The number of carbonyl (C=O) groups excluding carboxylic acids is 2. The molecule has 0 spiro atoms. The van der Waals surface area contributed by atoms with Gasteiger partial charge in [-0.3, -0.25) is 14.6 Å². The average molecular weight is 522 g/mol. The number of amides is 1. The van der Waals surface area contributed by atoms with Crippen LogP contribution in [0.4, 0.5) is 11.4 Å². The third kappa shape index (κ3) is 7.70. The van der Waals surface area contributed by atoms with Crippen LogP contribution in [0.25, 0.3) is 0 Å². The molecule has 2 aromatic rings. The molecule has 2 saturated heterocycles. The van der Waals surface area contributed by atoms with Crippen molar-refractivity contribution >= 4 is 37.9 Å². The summed E-state index contributed by atoms with van der Waals surface area (Å²) in [4.78, 5) is 35.3. The van der Waals surface area contributed by atoms with E-state index in [1.54, 1.807) is 12.3 Å². The van der Waals surface area contributed by atoms with Gasteiger partial charge in [-0.05, 0) is 81.2 Å². The Morgan fingerprint density at radius 1 is 1.16 bits per heavy atom. The highest BCUT2D eigenvalue weighted by atomic mass is 31.1. The number of aromatic nitrogens is 1. The Hall–Kier alpha value is -3.09. The van der Waals surface area contributed by atoms with E-state index in [0.717, 1.165) is 29.9 Å². The first-order valence-corrected chi connectivity index (χ1v) is 14.4. The number of benzene rings is 1. The van der Waals surface area contributed by atoms with Crippen molar-refractivity contribution in [3.63, 3.8) is 0 Å². The molecule has 0 unspecified atom stereocenters. The first-order valence-electron chi connectivity index (χ1n) is 13.0. The molecule has 5 rings (SSSR count). The predicted molar refractivity (Wildman–Crippen MR) is 151 cm³/mol. The summed E-state index contributed by atoms with van der Waals surface area (Å²) in [6.07, 6.45) is 15.1. The van der Waals surface area contributed by atoms with Gasteiger partial charge in [-0.15, -0.1) is 8.58 Å². The van der Waals surface area contributed by atoms with Crippen LogP contribution in [0.3, 0.4) is 0 Å². The van der Waals surface area contributed by atoms with E-state index in [4.69, 9.17) is 10.6 Å². The van der Waals surface area contributed by atoms with Crippen LogP contribution in [0.2, 0.25) is 0 Å². The molecule has 1 amide bonds. The molecule has 3 aliphatic heterocycles. The molecular weight excluding hydrogens is 485 g/mol. The van der Waals surface area contributed by atoms with Gasteiger partial charge in [0.25, 0.3) is 5.91 Å². The molecule has 0 bridgehead atoms. The lowest BCUT2D eigenvalue weighted by Gasteiger charge is -2.28. The number of anilines is 2. The van der Waals surface area contributed by atoms with Crippen molar-refractivity contribution in [1.82, 2.24) is 4.98 Å². The molecule has 0 saturated carbocycles. The van der Waals surface area contributed by atoms with E-state index in [1.165, 1.54) is 53.0 Å². The topological polar surface area (TPSA) is 110 Å². The molecule has 9 heteroatoms. The number of carbonyl (C=O) groups is 2. The molecule has 3 N–H and O–H groups in total. The Balaban J connectivity index is 0.000000396. The fourth-order valence-electron chi connectivity index (χ4n) is 4.54. The lowest BCUT2D eigenvalue weighted by Crippen LogP contribution is -2.29. The highest BCUT2D eigenvalue weighted by molar-refractivity contribution is 7.38. The van der Waals surface area contributed by atoms with E-state index in [0.29, 0.717) is 35.7 Å². The molecule has 196 valence electrons. The van der Waals surface area contributed by atoms with Crippen LogP contribution in [0.1, 0.15) is 60.0 Å². The maximum atomic E-state index is 12.8. The van der Waals surface area contributed by atoms with Gasteiger partial charge in [0, 0.05) is 43.0 Å². The second-order valence-corrected chi connectivity index (χ2v) is 11.1. The number of oxime groups is 1. The van der Waals surface area contributed by atoms with Crippen LogP contribution in [0.15, 0.2) is 53.7 Å². The van der Waals surface area contributed by atoms with Gasteiger partial charge in [0.1, 0.15) is 0 Å². The Morgan fingerprint density at radius 3 is 2.59 bits per heavy atom. The Labute approximate surface area is 220 Å². The average Bonchev–Trinajstić information content (AvgIpc) is 2.95. The molecule has 0 atom stereocenters. The molecule has 1 aromatic heterocycles. The van der Waals surface area contributed by atoms with Crippen molar-refractivity contribution < 1.29 is 14.4 Å². The van der Waals surface area contributed by atoms with Gasteiger partial charge in [0.2, 0.25) is 0 Å². The number of nitrogens with one attached hydrogen (secondary N) is 1. The van der Waals surface area contributed by atoms with Crippen molar-refractivity contribution in [1.29, 1.82) is 0 Å². The molecule has 3 aliphatic rings. The van der Waals surface area contributed by atoms with Gasteiger partial charge in [-0.1, -0.05) is 11.2 Å². The smallest absolute Gasteiger partial charge is 0.257 e. The molecule has 0 radical (unpaired) electrons. The van der Waals surface area contributed by atoms with Crippen molar-refractivity contribution in [2.75, 3.05) is 35.6 Å². The van der Waals surface area contributed by atoms with Gasteiger partial charge < -0.3 is 20.8 Å². The van der Waals surface area contributed by atoms with Gasteiger partial charge in [-0.25, -0.2) is 0 Å². The number of aldehydes is 1. The zero-order valence-electron chi connectivity index (χ0n) is 21.4. The second kappa shape index (κ2) is 13.5. The number of aryl methyl sites for hydroxylation is 1. The molecule has 2 fully saturated rings. The standard InChI is InChI=1S/C23H24N4O3.C5H12NP/c1-16-5-6-18(12-21(16)22-8-7-20(15-28)30-26-22)25-23(29)17-11-19(14-24-13-17)27-9-3-2-4-10-27;6-5-1-3-7-4-2-5/h5-7,11-15H,2-4,8-10H2,1H3,(H,25,29);5,7H,1-4,6H2. The highest BCUT2D eigenvalue weighted by Crippen LogP contribution is 2.23. The Bertz CT molecular complexity index is 1150. The van der Waals surface area contributed by atoms with Crippen LogP contribution in [0, 0.1) is 6.92 Å². The van der Waals surface area contributed by atoms with Crippen molar-refractivity contribution in [2.45, 2.75) is 51.5 Å². The summed E-state index contributed by atoms with van der Waals surface area (Å²) in [5.74, 6) is 0.00285. The number of hydrogen-bond donors (Lipinski definition) is 2. The third-order valence-electron chi connectivity index (χ3n) is 6.77. The quantitative estimate of drug-likeness (QED) is 0.439. The second-order valence-electron chi connectivity index (χ2n) is 9.61. The van der Waals surface area contributed by atoms with E-state index < -0.39 is 0 Å². The molecule has 4 heterocycles. The monoisotopic (exact) mass is 521 g/mol. The van der Waals surface area contributed by atoms with Crippen LogP contribution < -0.4 is 16.0 Å². The van der Waals surface area contributed by atoms with Crippen molar-refractivity contribution in [3.05, 3.63) is 65.2 Å². The van der Waals surface area contributed by atoms with E-state index in [-0.39, 0.29) is 11.7 Å². The summed E-state index contributed by atoms with van der Waals surface area (Å²) in [6.45, 7) is 3.96. The number of hydrogen-bond acceptors (Lipinski definition) is 7. The predicted octanol–water partition coefficient (Wildman–Crippen LogP) is 4.63. The van der Waals surface area contributed by atoms with E-state index in [2.05, 4.69) is 20.4 Å². The summed E-state index contributed by atoms with van der Waals surface area (Å²) in [7, 11) is 1.21. The maximum Gasteiger partial charge on any atom is 0.257 e. The fraction of sp³-hybridized carbons (Fsp3) is 0.429. The zero-order chi connectivity index (χ0) is 26.0. The molecule has 0 aliphatic carbocycles. The summed E-state index contributed by atoms with van der Waals surface area (Å²) >= 11 is 0. The molecule has 1 aromatic carbocycles. The van der Waals surface area contributed by atoms with Crippen LogP contribution in [-0.4, -0.2) is 54.3 Å². The highest BCUT2D eigenvalue weighted by Gasteiger charge is 2.16. The minimum Gasteiger partial charge on any atom is -0.370 e. The summed E-state index contributed by atoms with van der Waals surface area (Å²) in [5, 5.41) is 6.99. The summed E-state index contributed by atoms with van der Waals surface area (Å²) in [6, 6.07) is 8.09. The normalized spacial score (nSPS) is 20.1.